The average Bonchev–Trinajstić information content (AvgIpc) is 2.60. The Bertz CT molecular complexity index is 555. The fourth-order valence-corrected chi connectivity index (χ4v) is 3.88. The first-order chi connectivity index (χ1) is 12.0. The van der Waals surface area contributed by atoms with E-state index < -0.39 is 10.0 Å². The van der Waals surface area contributed by atoms with Gasteiger partial charge in [-0.15, -0.1) is 0 Å². The van der Waals surface area contributed by atoms with E-state index in [1.54, 1.807) is 19.2 Å². The summed E-state index contributed by atoms with van der Waals surface area (Å²) < 4.78 is 32.7. The summed E-state index contributed by atoms with van der Waals surface area (Å²) in [6.07, 6.45) is 11.0. The zero-order chi connectivity index (χ0) is 18.5. The number of sulfonamides is 1. The van der Waals surface area contributed by atoms with Gasteiger partial charge in [-0.3, -0.25) is 0 Å². The molecule has 0 unspecified atom stereocenters. The van der Waals surface area contributed by atoms with Crippen molar-refractivity contribution in [2.24, 2.45) is 0 Å². The van der Waals surface area contributed by atoms with Gasteiger partial charge in [-0.1, -0.05) is 76.0 Å². The molecule has 1 atom stereocenters. The Morgan fingerprint density at radius 1 is 0.960 bits per heavy atom. The molecule has 1 aromatic rings. The van der Waals surface area contributed by atoms with Crippen LogP contribution in [0.4, 0.5) is 0 Å². The van der Waals surface area contributed by atoms with Gasteiger partial charge in [0.25, 0.3) is 0 Å². The Morgan fingerprint density at radius 3 is 2.08 bits per heavy atom. The van der Waals surface area contributed by atoms with Gasteiger partial charge in [-0.2, -0.15) is 0 Å². The highest BCUT2D eigenvalue weighted by atomic mass is 32.2. The Hall–Kier alpha value is -0.910. The quantitative estimate of drug-likeness (QED) is 0.478. The third kappa shape index (κ3) is 9.38. The maximum absolute atomic E-state index is 12.3. The minimum atomic E-state index is -3.46. The van der Waals surface area contributed by atoms with E-state index in [1.165, 1.54) is 44.9 Å². The number of rotatable bonds is 14. The summed E-state index contributed by atoms with van der Waals surface area (Å²) in [7, 11) is -1.81. The maximum atomic E-state index is 12.3. The van der Waals surface area contributed by atoms with Crippen LogP contribution in [0.5, 0.6) is 0 Å². The molecule has 0 saturated heterocycles. The Balaban J connectivity index is 2.25. The first-order valence-electron chi connectivity index (χ1n) is 9.58. The molecule has 25 heavy (non-hydrogen) atoms. The lowest BCUT2D eigenvalue weighted by molar-refractivity contribution is 0.0965. The van der Waals surface area contributed by atoms with Gasteiger partial charge in [-0.05, 0) is 25.5 Å². The van der Waals surface area contributed by atoms with Gasteiger partial charge < -0.3 is 4.74 Å². The van der Waals surface area contributed by atoms with Crippen molar-refractivity contribution in [3.05, 3.63) is 29.8 Å². The lowest BCUT2D eigenvalue weighted by Gasteiger charge is -2.16. The van der Waals surface area contributed by atoms with Crippen molar-refractivity contribution in [1.82, 2.24) is 4.72 Å². The van der Waals surface area contributed by atoms with E-state index in [0.29, 0.717) is 11.4 Å². The second-order valence-corrected chi connectivity index (χ2v) is 8.55. The smallest absolute Gasteiger partial charge is 0.240 e. The molecule has 0 aliphatic heterocycles. The van der Waals surface area contributed by atoms with Crippen LogP contribution in [0.15, 0.2) is 29.2 Å². The summed E-state index contributed by atoms with van der Waals surface area (Å²) in [6, 6.07) is 6.89. The van der Waals surface area contributed by atoms with Crippen LogP contribution in [0.25, 0.3) is 0 Å². The van der Waals surface area contributed by atoms with Crippen molar-refractivity contribution in [3.63, 3.8) is 0 Å². The molecule has 0 aliphatic carbocycles. The average molecular weight is 370 g/mol. The minimum absolute atomic E-state index is 0.0692. The molecule has 0 aliphatic rings. The van der Waals surface area contributed by atoms with Gasteiger partial charge in [0.15, 0.2) is 0 Å². The molecule has 0 aromatic heterocycles. The van der Waals surface area contributed by atoms with Gasteiger partial charge in [0.1, 0.15) is 0 Å². The van der Waals surface area contributed by atoms with Crippen LogP contribution in [-0.2, 0) is 14.8 Å². The van der Waals surface area contributed by atoms with Gasteiger partial charge >= 0.3 is 0 Å². The number of hydrogen-bond donors (Lipinski definition) is 1. The molecule has 1 rings (SSSR count). The van der Waals surface area contributed by atoms with Crippen molar-refractivity contribution in [3.8, 4) is 0 Å². The van der Waals surface area contributed by atoms with Crippen LogP contribution in [0, 0.1) is 6.92 Å². The van der Waals surface area contributed by atoms with Gasteiger partial charge in [0.05, 0.1) is 11.0 Å². The standard InChI is InChI=1S/C20H35NO3S/c1-4-5-6-7-8-9-10-11-12-19(24-3)17-21-25(22,23)20-15-13-18(2)14-16-20/h13-16,19,21H,4-12,17H2,1-3H3/t19-/m0/s1. The molecule has 0 saturated carbocycles. The molecule has 0 fully saturated rings. The molecule has 1 N–H and O–H groups in total. The van der Waals surface area contributed by atoms with Crippen molar-refractivity contribution >= 4 is 10.0 Å². The summed E-state index contributed by atoms with van der Waals surface area (Å²) >= 11 is 0. The summed E-state index contributed by atoms with van der Waals surface area (Å²) in [4.78, 5) is 0.306. The Kier molecular flexibility index (Phi) is 11.0. The first kappa shape index (κ1) is 22.1. The van der Waals surface area contributed by atoms with Crippen LogP contribution < -0.4 is 4.72 Å². The Morgan fingerprint density at radius 2 is 1.52 bits per heavy atom. The summed E-state index contributed by atoms with van der Waals surface area (Å²) in [5.74, 6) is 0. The van der Waals surface area contributed by atoms with Gasteiger partial charge in [0.2, 0.25) is 10.0 Å². The molecule has 0 bridgehead atoms. The number of aryl methyl sites for hydroxylation is 1. The van der Waals surface area contributed by atoms with Crippen molar-refractivity contribution in [2.75, 3.05) is 13.7 Å². The normalized spacial score (nSPS) is 13.1. The SMILES string of the molecule is CCCCCCCCCC[C@@H](CNS(=O)(=O)c1ccc(C)cc1)OC. The Labute approximate surface area is 154 Å². The molecule has 0 radical (unpaired) electrons. The van der Waals surface area contributed by atoms with E-state index in [4.69, 9.17) is 4.74 Å². The van der Waals surface area contributed by atoms with E-state index in [2.05, 4.69) is 11.6 Å². The molecule has 0 amide bonds. The second-order valence-electron chi connectivity index (χ2n) is 6.79. The molecule has 4 nitrogen and oxygen atoms in total. The molecule has 5 heteroatoms. The number of hydrogen-bond acceptors (Lipinski definition) is 3. The lowest BCUT2D eigenvalue weighted by atomic mass is 10.1. The molecular weight excluding hydrogens is 334 g/mol. The van der Waals surface area contributed by atoms with Crippen molar-refractivity contribution in [1.29, 1.82) is 0 Å². The summed E-state index contributed by atoms with van der Waals surface area (Å²) in [6.45, 7) is 4.50. The zero-order valence-electron chi connectivity index (χ0n) is 16.1. The fraction of sp³-hybridized carbons (Fsp3) is 0.700. The predicted molar refractivity (Wildman–Crippen MR) is 104 cm³/mol. The molecule has 0 heterocycles. The third-order valence-electron chi connectivity index (χ3n) is 4.55. The highest BCUT2D eigenvalue weighted by Crippen LogP contribution is 2.13. The van der Waals surface area contributed by atoms with Crippen molar-refractivity contribution < 1.29 is 13.2 Å². The lowest BCUT2D eigenvalue weighted by Crippen LogP contribution is -2.33. The number of ether oxygens (including phenoxy) is 1. The maximum Gasteiger partial charge on any atom is 0.240 e. The van der Waals surface area contributed by atoms with Crippen LogP contribution in [0.1, 0.15) is 70.3 Å². The highest BCUT2D eigenvalue weighted by molar-refractivity contribution is 7.89. The van der Waals surface area contributed by atoms with Gasteiger partial charge in [0, 0.05) is 13.7 Å². The third-order valence-corrected chi connectivity index (χ3v) is 5.98. The van der Waals surface area contributed by atoms with E-state index in [0.717, 1.165) is 18.4 Å². The van der Waals surface area contributed by atoms with E-state index in [-0.39, 0.29) is 6.10 Å². The zero-order valence-corrected chi connectivity index (χ0v) is 16.9. The van der Waals surface area contributed by atoms with Crippen LogP contribution >= 0.6 is 0 Å². The van der Waals surface area contributed by atoms with Crippen LogP contribution in [0.3, 0.4) is 0 Å². The molecular formula is C20H35NO3S. The topological polar surface area (TPSA) is 55.4 Å². The summed E-state index contributed by atoms with van der Waals surface area (Å²) in [5.41, 5.74) is 1.04. The van der Waals surface area contributed by atoms with Crippen LogP contribution in [-0.4, -0.2) is 28.2 Å². The fourth-order valence-electron chi connectivity index (χ4n) is 2.81. The van der Waals surface area contributed by atoms with E-state index in [1.807, 2.05) is 19.1 Å². The monoisotopic (exact) mass is 369 g/mol. The molecule has 0 spiro atoms. The van der Waals surface area contributed by atoms with Crippen LogP contribution in [0.2, 0.25) is 0 Å². The van der Waals surface area contributed by atoms with Crippen molar-refractivity contribution in [2.45, 2.75) is 82.6 Å². The van der Waals surface area contributed by atoms with E-state index in [9.17, 15) is 8.42 Å². The predicted octanol–water partition coefficient (Wildman–Crippen LogP) is 4.82. The number of nitrogens with one attached hydrogen (secondary N) is 1. The second kappa shape index (κ2) is 12.4. The summed E-state index contributed by atoms with van der Waals surface area (Å²) in [5, 5.41) is 0. The number of methoxy groups -OCH3 is 1. The number of unbranched alkanes of at least 4 members (excludes halogenated alkanes) is 7. The largest absolute Gasteiger partial charge is 0.380 e. The van der Waals surface area contributed by atoms with E-state index >= 15 is 0 Å². The molecule has 144 valence electrons. The van der Waals surface area contributed by atoms with Gasteiger partial charge in [-0.25, -0.2) is 13.1 Å². The first-order valence-corrected chi connectivity index (χ1v) is 11.1. The number of benzene rings is 1. The highest BCUT2D eigenvalue weighted by Gasteiger charge is 2.16. The molecule has 1 aromatic carbocycles. The minimum Gasteiger partial charge on any atom is -0.380 e.